The Hall–Kier alpha value is -1.37. The molecule has 1 aromatic rings. The van der Waals surface area contributed by atoms with Crippen LogP contribution in [0.15, 0.2) is 0 Å². The quantitative estimate of drug-likeness (QED) is 0.607. The van der Waals surface area contributed by atoms with Crippen LogP contribution in [0, 0.1) is 13.8 Å². The highest BCUT2D eigenvalue weighted by Gasteiger charge is 2.25. The molecule has 0 aliphatic carbocycles. The van der Waals surface area contributed by atoms with Gasteiger partial charge < -0.3 is 9.30 Å². The lowest BCUT2D eigenvalue weighted by molar-refractivity contribution is 0.0599. The molecule has 0 saturated heterocycles. The van der Waals surface area contributed by atoms with Crippen LogP contribution >= 0.6 is 0 Å². The predicted molar refractivity (Wildman–Crippen MR) is 60.0 cm³/mol. The fourth-order valence-electron chi connectivity index (χ4n) is 1.74. The highest BCUT2D eigenvalue weighted by atomic mass is 32.3. The number of carbonyl (C=O) groups is 1. The molecule has 0 spiro atoms. The molecule has 0 atom stereocenters. The van der Waals surface area contributed by atoms with Gasteiger partial charge in [-0.05, 0) is 13.8 Å². The number of aromatic nitrogens is 1. The molecular formula is C10H14FNO4S. The number of nitrogens with zero attached hydrogens (tertiary/aromatic N) is 1. The number of ether oxygens (including phenoxy) is 1. The van der Waals surface area contributed by atoms with Crippen LogP contribution in [0.25, 0.3) is 0 Å². The molecule has 0 N–H and O–H groups in total. The Kier molecular flexibility index (Phi) is 3.61. The number of methoxy groups -OCH3 is 1. The van der Waals surface area contributed by atoms with Crippen molar-refractivity contribution in [2.75, 3.05) is 7.11 Å². The second-order valence-corrected chi connectivity index (χ2v) is 5.12. The van der Waals surface area contributed by atoms with Gasteiger partial charge in [-0.3, -0.25) is 0 Å². The van der Waals surface area contributed by atoms with E-state index in [4.69, 9.17) is 0 Å². The SMILES string of the molecule is COC(=O)c1c(CS(=O)(=O)F)c(C)n(C)c1C. The molecule has 96 valence electrons. The highest BCUT2D eigenvalue weighted by molar-refractivity contribution is 7.85. The minimum Gasteiger partial charge on any atom is -0.465 e. The Morgan fingerprint density at radius 1 is 1.35 bits per heavy atom. The van der Waals surface area contributed by atoms with Gasteiger partial charge in [-0.25, -0.2) is 4.79 Å². The summed E-state index contributed by atoms with van der Waals surface area (Å²) in [7, 11) is -1.82. The molecule has 0 unspecified atom stereocenters. The molecule has 0 bridgehead atoms. The summed E-state index contributed by atoms with van der Waals surface area (Å²) < 4.78 is 40.4. The number of rotatable bonds is 3. The van der Waals surface area contributed by atoms with E-state index in [-0.39, 0.29) is 11.1 Å². The third-order valence-corrected chi connectivity index (χ3v) is 3.45. The molecule has 5 nitrogen and oxygen atoms in total. The summed E-state index contributed by atoms with van der Waals surface area (Å²) in [6.07, 6.45) is 0. The van der Waals surface area contributed by atoms with Crippen LogP contribution in [0.2, 0.25) is 0 Å². The van der Waals surface area contributed by atoms with Crippen molar-refractivity contribution in [2.45, 2.75) is 19.6 Å². The van der Waals surface area contributed by atoms with Gasteiger partial charge in [0.05, 0.1) is 12.7 Å². The van der Waals surface area contributed by atoms with Crippen LogP contribution < -0.4 is 0 Å². The second-order valence-electron chi connectivity index (χ2n) is 3.76. The summed E-state index contributed by atoms with van der Waals surface area (Å²) in [6.45, 7) is 3.27. The smallest absolute Gasteiger partial charge is 0.340 e. The molecule has 0 amide bonds. The zero-order chi connectivity index (χ0) is 13.4. The first-order valence-electron chi connectivity index (χ1n) is 4.84. The van der Waals surface area contributed by atoms with Gasteiger partial charge in [0.1, 0.15) is 5.75 Å². The fraction of sp³-hybridized carbons (Fsp3) is 0.500. The molecule has 0 aromatic carbocycles. The van der Waals surface area contributed by atoms with E-state index in [9.17, 15) is 17.1 Å². The van der Waals surface area contributed by atoms with Gasteiger partial charge in [0.25, 0.3) is 0 Å². The number of hydrogen-bond acceptors (Lipinski definition) is 4. The van der Waals surface area contributed by atoms with E-state index in [0.29, 0.717) is 11.4 Å². The maximum atomic E-state index is 12.8. The first-order chi connectivity index (χ1) is 7.69. The summed E-state index contributed by atoms with van der Waals surface area (Å²) >= 11 is 0. The molecule has 1 aromatic heterocycles. The maximum Gasteiger partial charge on any atom is 0.340 e. The Morgan fingerprint density at radius 2 is 1.88 bits per heavy atom. The summed E-state index contributed by atoms with van der Waals surface area (Å²) in [5.41, 5.74) is 1.35. The lowest BCUT2D eigenvalue weighted by atomic mass is 10.1. The van der Waals surface area contributed by atoms with Crippen molar-refractivity contribution in [3.8, 4) is 0 Å². The van der Waals surface area contributed by atoms with E-state index in [1.54, 1.807) is 25.5 Å². The standard InChI is InChI=1S/C10H14FNO4S/c1-6-8(5-17(11,14)15)9(10(13)16-4)7(2)12(6)3/h5H2,1-4H3. The van der Waals surface area contributed by atoms with Crippen molar-refractivity contribution in [3.05, 3.63) is 22.5 Å². The molecule has 0 aliphatic rings. The van der Waals surface area contributed by atoms with Gasteiger partial charge in [-0.1, -0.05) is 0 Å². The largest absolute Gasteiger partial charge is 0.465 e. The molecule has 0 aliphatic heterocycles. The average Bonchev–Trinajstić information content (AvgIpc) is 2.41. The highest BCUT2D eigenvalue weighted by Crippen LogP contribution is 2.24. The Balaban J connectivity index is 3.47. The molecular weight excluding hydrogens is 249 g/mol. The van der Waals surface area contributed by atoms with Crippen LogP contribution in [0.5, 0.6) is 0 Å². The van der Waals surface area contributed by atoms with Gasteiger partial charge in [0.15, 0.2) is 0 Å². The van der Waals surface area contributed by atoms with Crippen molar-refractivity contribution in [1.29, 1.82) is 0 Å². The second kappa shape index (κ2) is 4.48. The average molecular weight is 263 g/mol. The van der Waals surface area contributed by atoms with Gasteiger partial charge >= 0.3 is 16.2 Å². The molecule has 7 heteroatoms. The Bertz CT molecular complexity index is 559. The normalized spacial score (nSPS) is 11.6. The number of esters is 1. The molecule has 1 rings (SSSR count). The van der Waals surface area contributed by atoms with Gasteiger partial charge in [0, 0.05) is 24.0 Å². The third kappa shape index (κ3) is 2.66. The maximum absolute atomic E-state index is 12.8. The van der Waals surface area contributed by atoms with Crippen molar-refractivity contribution < 1.29 is 21.8 Å². The van der Waals surface area contributed by atoms with E-state index in [1.165, 1.54) is 7.11 Å². The minimum absolute atomic E-state index is 0.119. The molecule has 0 saturated carbocycles. The first-order valence-corrected chi connectivity index (χ1v) is 6.39. The van der Waals surface area contributed by atoms with Gasteiger partial charge in [-0.2, -0.15) is 8.42 Å². The predicted octanol–water partition coefficient (Wildman–Crippen LogP) is 1.23. The summed E-state index contributed by atoms with van der Waals surface area (Å²) in [5, 5.41) is 0. The zero-order valence-electron chi connectivity index (χ0n) is 10.1. The van der Waals surface area contributed by atoms with Crippen LogP contribution in [-0.4, -0.2) is 26.1 Å². The molecule has 0 fully saturated rings. The van der Waals surface area contributed by atoms with Gasteiger partial charge in [-0.15, -0.1) is 3.89 Å². The summed E-state index contributed by atoms with van der Waals surface area (Å²) in [4.78, 5) is 11.6. The fourth-order valence-corrected chi connectivity index (χ4v) is 2.44. The van der Waals surface area contributed by atoms with Gasteiger partial charge in [0.2, 0.25) is 0 Å². The van der Waals surface area contributed by atoms with Crippen molar-refractivity contribution in [2.24, 2.45) is 7.05 Å². The summed E-state index contributed by atoms with van der Waals surface area (Å²) in [6, 6.07) is 0. The van der Waals surface area contributed by atoms with Crippen LogP contribution in [0.1, 0.15) is 27.3 Å². The molecule has 1 heterocycles. The molecule has 17 heavy (non-hydrogen) atoms. The van der Waals surface area contributed by atoms with E-state index in [2.05, 4.69) is 4.74 Å². The lowest BCUT2D eigenvalue weighted by Crippen LogP contribution is -2.08. The number of halogens is 1. The van der Waals surface area contributed by atoms with Crippen LogP contribution in [-0.2, 0) is 27.8 Å². The minimum atomic E-state index is -4.69. The van der Waals surface area contributed by atoms with E-state index in [1.807, 2.05) is 0 Å². The molecule has 0 radical (unpaired) electrons. The van der Waals surface area contributed by atoms with Crippen molar-refractivity contribution in [1.82, 2.24) is 4.57 Å². The van der Waals surface area contributed by atoms with E-state index in [0.717, 1.165) is 0 Å². The number of hydrogen-bond donors (Lipinski definition) is 0. The lowest BCUT2D eigenvalue weighted by Gasteiger charge is -2.02. The van der Waals surface area contributed by atoms with Crippen molar-refractivity contribution >= 4 is 16.2 Å². The third-order valence-electron chi connectivity index (χ3n) is 2.81. The Morgan fingerprint density at radius 3 is 2.29 bits per heavy atom. The van der Waals surface area contributed by atoms with Crippen LogP contribution in [0.3, 0.4) is 0 Å². The number of carbonyl (C=O) groups excluding carboxylic acids is 1. The topological polar surface area (TPSA) is 65.4 Å². The monoisotopic (exact) mass is 263 g/mol. The summed E-state index contributed by atoms with van der Waals surface area (Å²) in [5.74, 6) is -1.48. The first kappa shape index (κ1) is 13.7. The van der Waals surface area contributed by atoms with E-state index >= 15 is 0 Å². The van der Waals surface area contributed by atoms with Crippen LogP contribution in [0.4, 0.5) is 3.89 Å². The van der Waals surface area contributed by atoms with E-state index < -0.39 is 21.9 Å². The van der Waals surface area contributed by atoms with Crippen molar-refractivity contribution in [3.63, 3.8) is 0 Å². The zero-order valence-corrected chi connectivity index (χ0v) is 10.9. The Labute approximate surface area is 99.4 Å².